The maximum atomic E-state index is 12.8. The summed E-state index contributed by atoms with van der Waals surface area (Å²) < 4.78 is 5.77. The third-order valence-electron chi connectivity index (χ3n) is 4.64. The van der Waals surface area contributed by atoms with E-state index in [1.165, 1.54) is 0 Å². The first-order valence-electron chi connectivity index (χ1n) is 8.21. The molecule has 0 unspecified atom stereocenters. The molecule has 0 aliphatic carbocycles. The number of H-pyrrole nitrogens is 1. The van der Waals surface area contributed by atoms with Crippen LogP contribution in [0.4, 0.5) is 0 Å². The summed E-state index contributed by atoms with van der Waals surface area (Å²) in [6.45, 7) is 7.79. The second kappa shape index (κ2) is 6.69. The summed E-state index contributed by atoms with van der Waals surface area (Å²) in [7, 11) is 0. The van der Waals surface area contributed by atoms with Crippen LogP contribution in [0.2, 0.25) is 0 Å². The van der Waals surface area contributed by atoms with Crippen LogP contribution >= 0.6 is 0 Å². The van der Waals surface area contributed by atoms with Gasteiger partial charge in [0, 0.05) is 51.1 Å². The van der Waals surface area contributed by atoms with Gasteiger partial charge in [0.2, 0.25) is 0 Å². The maximum Gasteiger partial charge on any atom is 0.274 e. The number of carbonyl (C=O) groups is 1. The average molecular weight is 317 g/mol. The number of amides is 1. The molecule has 0 aromatic carbocycles. The highest BCUT2D eigenvalue weighted by Gasteiger charge is 2.32. The third-order valence-corrected chi connectivity index (χ3v) is 4.64. The molecule has 3 heterocycles. The highest BCUT2D eigenvalue weighted by Crippen LogP contribution is 2.30. The van der Waals surface area contributed by atoms with E-state index in [0.717, 1.165) is 37.3 Å². The molecule has 23 heavy (non-hydrogen) atoms. The molecule has 2 atom stereocenters. The van der Waals surface area contributed by atoms with Gasteiger partial charge in [-0.05, 0) is 13.8 Å². The van der Waals surface area contributed by atoms with Crippen molar-refractivity contribution in [1.29, 1.82) is 5.26 Å². The Morgan fingerprint density at radius 2 is 2.13 bits per heavy atom. The van der Waals surface area contributed by atoms with Crippen molar-refractivity contribution in [2.45, 2.75) is 38.9 Å². The lowest BCUT2D eigenvalue weighted by molar-refractivity contribution is -0.00704. The fourth-order valence-corrected chi connectivity index (χ4v) is 3.38. The molecular weight excluding hydrogens is 294 g/mol. The van der Waals surface area contributed by atoms with E-state index in [1.807, 2.05) is 18.7 Å². The molecule has 1 aromatic heterocycles. The third kappa shape index (κ3) is 3.23. The van der Waals surface area contributed by atoms with Gasteiger partial charge in [-0.25, -0.2) is 0 Å². The SMILES string of the molecule is C[C@@H]1Cc2c(C(=O)N3CCN(CCC#N)CC3)n[nH]c2[C@H](C)O1. The van der Waals surface area contributed by atoms with E-state index in [2.05, 4.69) is 21.2 Å². The number of ether oxygens (including phenoxy) is 1. The molecular formula is C16H23N5O2. The lowest BCUT2D eigenvalue weighted by atomic mass is 9.99. The molecule has 2 aliphatic heterocycles. The lowest BCUT2D eigenvalue weighted by Gasteiger charge is -2.34. The van der Waals surface area contributed by atoms with Crippen molar-refractivity contribution in [3.63, 3.8) is 0 Å². The quantitative estimate of drug-likeness (QED) is 0.902. The fraction of sp³-hybridized carbons (Fsp3) is 0.688. The molecule has 2 aliphatic rings. The van der Waals surface area contributed by atoms with Crippen molar-refractivity contribution in [2.24, 2.45) is 0 Å². The van der Waals surface area contributed by atoms with Gasteiger partial charge in [0.1, 0.15) is 0 Å². The van der Waals surface area contributed by atoms with E-state index in [1.54, 1.807) is 0 Å². The molecule has 1 N–H and O–H groups in total. The highest BCUT2D eigenvalue weighted by atomic mass is 16.5. The second-order valence-electron chi connectivity index (χ2n) is 6.30. The predicted octanol–water partition coefficient (Wildman–Crippen LogP) is 1.10. The molecule has 1 aromatic rings. The summed E-state index contributed by atoms with van der Waals surface area (Å²) in [6.07, 6.45) is 1.31. The number of nitriles is 1. The van der Waals surface area contributed by atoms with Gasteiger partial charge in [0.15, 0.2) is 5.69 Å². The number of aromatic amines is 1. The Balaban J connectivity index is 1.67. The van der Waals surface area contributed by atoms with Crippen molar-refractivity contribution in [2.75, 3.05) is 32.7 Å². The number of aromatic nitrogens is 2. The molecule has 0 spiro atoms. The molecule has 124 valence electrons. The summed E-state index contributed by atoms with van der Waals surface area (Å²) >= 11 is 0. The van der Waals surface area contributed by atoms with Crippen LogP contribution in [0.15, 0.2) is 0 Å². The number of carbonyl (C=O) groups excluding carboxylic acids is 1. The summed E-state index contributed by atoms with van der Waals surface area (Å²) in [6, 6.07) is 2.17. The zero-order valence-electron chi connectivity index (χ0n) is 13.7. The van der Waals surface area contributed by atoms with Gasteiger partial charge < -0.3 is 9.64 Å². The van der Waals surface area contributed by atoms with Gasteiger partial charge in [-0.3, -0.25) is 14.8 Å². The van der Waals surface area contributed by atoms with E-state index in [9.17, 15) is 4.79 Å². The minimum absolute atomic E-state index is 0.00346. The normalized spacial score (nSPS) is 25.0. The van der Waals surface area contributed by atoms with Crippen LogP contribution < -0.4 is 0 Å². The van der Waals surface area contributed by atoms with Crippen LogP contribution in [0, 0.1) is 11.3 Å². The number of fused-ring (bicyclic) bond motifs is 1. The van der Waals surface area contributed by atoms with E-state index < -0.39 is 0 Å². The maximum absolute atomic E-state index is 12.8. The number of hydrogen-bond donors (Lipinski definition) is 1. The highest BCUT2D eigenvalue weighted by molar-refractivity contribution is 5.94. The molecule has 7 heteroatoms. The van der Waals surface area contributed by atoms with Crippen molar-refractivity contribution in [1.82, 2.24) is 20.0 Å². The molecule has 0 bridgehead atoms. The Morgan fingerprint density at radius 3 is 2.83 bits per heavy atom. The smallest absolute Gasteiger partial charge is 0.274 e. The van der Waals surface area contributed by atoms with Crippen molar-refractivity contribution in [3.05, 3.63) is 17.0 Å². The summed E-state index contributed by atoms with van der Waals surface area (Å²) in [5, 5.41) is 15.9. The molecule has 0 radical (unpaired) electrons. The first kappa shape index (κ1) is 16.0. The van der Waals surface area contributed by atoms with Gasteiger partial charge in [-0.15, -0.1) is 0 Å². The zero-order chi connectivity index (χ0) is 16.4. The molecule has 0 saturated carbocycles. The van der Waals surface area contributed by atoms with E-state index in [4.69, 9.17) is 10.00 Å². The Hall–Kier alpha value is -1.91. The number of nitrogens with one attached hydrogen (secondary N) is 1. The number of hydrogen-bond acceptors (Lipinski definition) is 5. The minimum atomic E-state index is -0.0503. The van der Waals surface area contributed by atoms with Crippen LogP contribution in [-0.2, 0) is 11.2 Å². The van der Waals surface area contributed by atoms with E-state index in [0.29, 0.717) is 25.2 Å². The van der Waals surface area contributed by atoms with Gasteiger partial charge >= 0.3 is 0 Å². The van der Waals surface area contributed by atoms with Gasteiger partial charge in [0.25, 0.3) is 5.91 Å². The predicted molar refractivity (Wildman–Crippen MR) is 83.8 cm³/mol. The Bertz CT molecular complexity index is 612. The Kier molecular flexibility index (Phi) is 4.64. The zero-order valence-corrected chi connectivity index (χ0v) is 13.7. The van der Waals surface area contributed by atoms with Crippen LogP contribution in [0.25, 0.3) is 0 Å². The van der Waals surface area contributed by atoms with Crippen LogP contribution in [-0.4, -0.2) is 64.7 Å². The molecule has 3 rings (SSSR count). The van der Waals surface area contributed by atoms with Gasteiger partial charge in [0.05, 0.1) is 24.0 Å². The van der Waals surface area contributed by atoms with Crippen molar-refractivity contribution >= 4 is 5.91 Å². The summed E-state index contributed by atoms with van der Waals surface area (Å²) in [5.74, 6) is 0.00346. The first-order valence-corrected chi connectivity index (χ1v) is 8.21. The number of nitrogens with zero attached hydrogens (tertiary/aromatic N) is 4. The van der Waals surface area contributed by atoms with Crippen molar-refractivity contribution in [3.8, 4) is 6.07 Å². The lowest BCUT2D eigenvalue weighted by Crippen LogP contribution is -2.49. The molecule has 7 nitrogen and oxygen atoms in total. The minimum Gasteiger partial charge on any atom is -0.369 e. The largest absolute Gasteiger partial charge is 0.369 e. The second-order valence-corrected chi connectivity index (χ2v) is 6.30. The molecule has 1 fully saturated rings. The van der Waals surface area contributed by atoms with Crippen LogP contribution in [0.1, 0.15) is 48.1 Å². The summed E-state index contributed by atoms with van der Waals surface area (Å²) in [5.41, 5.74) is 2.49. The monoisotopic (exact) mass is 317 g/mol. The fourth-order valence-electron chi connectivity index (χ4n) is 3.38. The Morgan fingerprint density at radius 1 is 1.39 bits per heavy atom. The van der Waals surface area contributed by atoms with E-state index in [-0.39, 0.29) is 18.1 Å². The first-order chi connectivity index (χ1) is 11.1. The number of rotatable bonds is 3. The number of piperazine rings is 1. The Labute approximate surface area is 136 Å². The van der Waals surface area contributed by atoms with Gasteiger partial charge in [-0.2, -0.15) is 10.4 Å². The summed E-state index contributed by atoms with van der Waals surface area (Å²) in [4.78, 5) is 16.9. The molecule has 1 amide bonds. The van der Waals surface area contributed by atoms with Crippen molar-refractivity contribution < 1.29 is 9.53 Å². The van der Waals surface area contributed by atoms with Crippen LogP contribution in [0.5, 0.6) is 0 Å². The van der Waals surface area contributed by atoms with Crippen LogP contribution in [0.3, 0.4) is 0 Å². The topological polar surface area (TPSA) is 85.3 Å². The van der Waals surface area contributed by atoms with E-state index >= 15 is 0 Å². The van der Waals surface area contributed by atoms with Gasteiger partial charge in [-0.1, -0.05) is 0 Å². The standard InChI is InChI=1S/C16H23N5O2/c1-11-10-13-14(12(2)23-11)18-19-15(13)16(22)21-8-6-20(7-9-21)5-3-4-17/h11-12H,3,5-10H2,1-2H3,(H,18,19)/t11-,12+/m1/s1. The molecule has 1 saturated heterocycles. The average Bonchev–Trinajstić information content (AvgIpc) is 2.96.